The summed E-state index contributed by atoms with van der Waals surface area (Å²) >= 11 is 0. The fraction of sp³-hybridized carbons (Fsp3) is 0.304. The standard InChI is InChI=1S/C23H19F6N3O2/c1-13-10-18(31-30-13)15-4-8-19-16(11-15)5-9-20(33)32(19)12-14-2-6-17(7-3-14)21(34,22(24,25)26)23(27,28)29/h2-4,6-8,10-11,34H,5,9,12H2,1H3,(H,30,31). The molecule has 0 spiro atoms. The normalized spacial score (nSPS) is 14.9. The number of carbonyl (C=O) groups is 1. The van der Waals surface area contributed by atoms with Gasteiger partial charge in [-0.3, -0.25) is 9.89 Å². The van der Waals surface area contributed by atoms with Gasteiger partial charge in [-0.1, -0.05) is 30.3 Å². The summed E-state index contributed by atoms with van der Waals surface area (Å²) < 4.78 is 78.6. The van der Waals surface area contributed by atoms with Crippen LogP contribution in [-0.4, -0.2) is 33.6 Å². The first kappa shape index (κ1) is 23.8. The Morgan fingerprint density at radius 3 is 2.18 bits per heavy atom. The van der Waals surface area contributed by atoms with Gasteiger partial charge in [0, 0.05) is 28.9 Å². The maximum Gasteiger partial charge on any atom is 0.430 e. The summed E-state index contributed by atoms with van der Waals surface area (Å²) in [5.74, 6) is -0.220. The summed E-state index contributed by atoms with van der Waals surface area (Å²) in [6.07, 6.45) is -11.2. The Bertz CT molecular complexity index is 1200. The Hall–Kier alpha value is -3.34. The molecule has 1 aliphatic rings. The van der Waals surface area contributed by atoms with E-state index < -0.39 is 23.5 Å². The van der Waals surface area contributed by atoms with E-state index >= 15 is 0 Å². The highest BCUT2D eigenvalue weighted by Crippen LogP contribution is 2.50. The van der Waals surface area contributed by atoms with Gasteiger partial charge in [0.05, 0.1) is 12.2 Å². The van der Waals surface area contributed by atoms with Gasteiger partial charge in [-0.05, 0) is 42.7 Å². The van der Waals surface area contributed by atoms with E-state index in [1.807, 2.05) is 19.1 Å². The topological polar surface area (TPSA) is 69.2 Å². The number of hydrogen-bond donors (Lipinski definition) is 2. The first-order chi connectivity index (χ1) is 15.8. The number of aromatic nitrogens is 2. The molecule has 11 heteroatoms. The van der Waals surface area contributed by atoms with Crippen LogP contribution < -0.4 is 4.90 Å². The maximum absolute atomic E-state index is 13.1. The number of alkyl halides is 6. The van der Waals surface area contributed by atoms with Gasteiger partial charge >= 0.3 is 12.4 Å². The number of carbonyl (C=O) groups excluding carboxylic acids is 1. The fourth-order valence-corrected chi connectivity index (χ4v) is 3.98. The zero-order valence-corrected chi connectivity index (χ0v) is 17.8. The average molecular weight is 483 g/mol. The van der Waals surface area contributed by atoms with E-state index in [2.05, 4.69) is 10.2 Å². The van der Waals surface area contributed by atoms with Crippen molar-refractivity contribution >= 4 is 11.6 Å². The minimum absolute atomic E-state index is 0.0521. The van der Waals surface area contributed by atoms with Crippen molar-refractivity contribution in [3.63, 3.8) is 0 Å². The molecular formula is C23H19F6N3O2. The molecule has 0 fully saturated rings. The summed E-state index contributed by atoms with van der Waals surface area (Å²) in [4.78, 5) is 14.0. The van der Waals surface area contributed by atoms with Gasteiger partial charge in [-0.2, -0.15) is 31.4 Å². The minimum Gasteiger partial charge on any atom is -0.369 e. The van der Waals surface area contributed by atoms with Crippen LogP contribution in [0.2, 0.25) is 0 Å². The number of fused-ring (bicyclic) bond motifs is 1. The summed E-state index contributed by atoms with van der Waals surface area (Å²) in [7, 11) is 0. The van der Waals surface area contributed by atoms with Crippen LogP contribution in [0, 0.1) is 6.92 Å². The monoisotopic (exact) mass is 483 g/mol. The molecule has 2 N–H and O–H groups in total. The lowest BCUT2D eigenvalue weighted by Crippen LogP contribution is -2.53. The van der Waals surface area contributed by atoms with E-state index in [1.165, 1.54) is 4.90 Å². The van der Waals surface area contributed by atoms with Crippen LogP contribution >= 0.6 is 0 Å². The smallest absolute Gasteiger partial charge is 0.369 e. The first-order valence-electron chi connectivity index (χ1n) is 10.2. The largest absolute Gasteiger partial charge is 0.430 e. The van der Waals surface area contributed by atoms with Crippen molar-refractivity contribution in [2.75, 3.05) is 4.90 Å². The highest BCUT2D eigenvalue weighted by Gasteiger charge is 2.71. The van der Waals surface area contributed by atoms with Crippen LogP contribution in [-0.2, 0) is 23.4 Å². The van der Waals surface area contributed by atoms with Crippen molar-refractivity contribution in [2.45, 2.75) is 44.3 Å². The van der Waals surface area contributed by atoms with Crippen molar-refractivity contribution in [3.05, 3.63) is 70.9 Å². The van der Waals surface area contributed by atoms with E-state index in [4.69, 9.17) is 0 Å². The third-order valence-corrected chi connectivity index (χ3v) is 5.81. The van der Waals surface area contributed by atoms with Crippen LogP contribution in [0.25, 0.3) is 11.3 Å². The second-order valence-corrected chi connectivity index (χ2v) is 8.16. The van der Waals surface area contributed by atoms with E-state index in [1.54, 1.807) is 12.1 Å². The van der Waals surface area contributed by atoms with Gasteiger partial charge in [0.1, 0.15) is 0 Å². The number of rotatable bonds is 4. The number of benzene rings is 2. The second kappa shape index (κ2) is 8.15. The number of nitrogens with zero attached hydrogens (tertiary/aromatic N) is 2. The van der Waals surface area contributed by atoms with Crippen LogP contribution in [0.15, 0.2) is 48.5 Å². The zero-order chi connectivity index (χ0) is 24.9. The van der Waals surface area contributed by atoms with E-state index in [0.29, 0.717) is 29.8 Å². The Labute approximate surface area is 190 Å². The third kappa shape index (κ3) is 4.04. The van der Waals surface area contributed by atoms with Crippen molar-refractivity contribution in [1.82, 2.24) is 10.2 Å². The number of halogens is 6. The lowest BCUT2D eigenvalue weighted by Gasteiger charge is -2.33. The lowest BCUT2D eigenvalue weighted by molar-refractivity contribution is -0.376. The average Bonchev–Trinajstić information content (AvgIpc) is 3.20. The van der Waals surface area contributed by atoms with Crippen molar-refractivity contribution in [2.24, 2.45) is 0 Å². The molecule has 0 aliphatic carbocycles. The number of nitrogens with one attached hydrogen (secondary N) is 1. The predicted octanol–water partition coefficient (Wildman–Crippen LogP) is 5.18. The maximum atomic E-state index is 13.1. The number of aliphatic hydroxyl groups is 1. The van der Waals surface area contributed by atoms with Crippen LogP contribution in [0.1, 0.15) is 28.8 Å². The number of H-pyrrole nitrogens is 1. The van der Waals surface area contributed by atoms with Gasteiger partial charge in [0.15, 0.2) is 0 Å². The Morgan fingerprint density at radius 1 is 0.971 bits per heavy atom. The van der Waals surface area contributed by atoms with Crippen LogP contribution in [0.5, 0.6) is 0 Å². The molecule has 1 aromatic heterocycles. The lowest BCUT2D eigenvalue weighted by atomic mass is 9.91. The van der Waals surface area contributed by atoms with E-state index in [9.17, 15) is 36.2 Å². The summed E-state index contributed by atoms with van der Waals surface area (Å²) in [6.45, 7) is 1.81. The molecule has 3 aromatic rings. The molecule has 0 bridgehead atoms. The van der Waals surface area contributed by atoms with E-state index in [0.717, 1.165) is 34.6 Å². The third-order valence-electron chi connectivity index (χ3n) is 5.81. The molecule has 0 saturated carbocycles. The molecule has 34 heavy (non-hydrogen) atoms. The minimum atomic E-state index is -5.96. The van der Waals surface area contributed by atoms with Gasteiger partial charge in [0.25, 0.3) is 5.60 Å². The number of anilines is 1. The molecular weight excluding hydrogens is 464 g/mol. The number of amides is 1. The highest BCUT2D eigenvalue weighted by atomic mass is 19.4. The highest BCUT2D eigenvalue weighted by molar-refractivity contribution is 5.96. The predicted molar refractivity (Wildman–Crippen MR) is 111 cm³/mol. The molecule has 2 heterocycles. The summed E-state index contributed by atoms with van der Waals surface area (Å²) in [5.41, 5.74) is -2.08. The zero-order valence-electron chi connectivity index (χ0n) is 17.8. The SMILES string of the molecule is Cc1cc(-c2ccc3c(c2)CCC(=O)N3Cc2ccc(C(O)(C(F)(F)F)C(F)(F)F)cc2)n[nH]1. The molecule has 180 valence electrons. The van der Waals surface area contributed by atoms with Crippen LogP contribution in [0.4, 0.5) is 32.0 Å². The Morgan fingerprint density at radius 2 is 1.62 bits per heavy atom. The number of hydrogen-bond acceptors (Lipinski definition) is 3. The molecule has 1 aliphatic heterocycles. The molecule has 0 saturated heterocycles. The summed E-state index contributed by atoms with van der Waals surface area (Å²) in [6, 6.07) is 10.5. The van der Waals surface area contributed by atoms with Gasteiger partial charge in [0.2, 0.25) is 5.91 Å². The molecule has 5 nitrogen and oxygen atoms in total. The van der Waals surface area contributed by atoms with Crippen molar-refractivity contribution in [1.29, 1.82) is 0 Å². The van der Waals surface area contributed by atoms with Crippen molar-refractivity contribution in [3.8, 4) is 11.3 Å². The molecule has 0 atom stereocenters. The Balaban J connectivity index is 1.62. The summed E-state index contributed by atoms with van der Waals surface area (Å²) in [5, 5.41) is 16.6. The van der Waals surface area contributed by atoms with Crippen LogP contribution in [0.3, 0.4) is 0 Å². The quantitative estimate of drug-likeness (QED) is 0.503. The number of aromatic amines is 1. The molecule has 1 amide bonds. The molecule has 2 aromatic carbocycles. The van der Waals surface area contributed by atoms with E-state index in [-0.39, 0.29) is 18.9 Å². The van der Waals surface area contributed by atoms with Gasteiger partial charge < -0.3 is 10.0 Å². The Kier molecular flexibility index (Phi) is 5.71. The number of aryl methyl sites for hydroxylation is 2. The first-order valence-corrected chi connectivity index (χ1v) is 10.2. The van der Waals surface area contributed by atoms with Crippen molar-refractivity contribution < 1.29 is 36.2 Å². The molecule has 0 radical (unpaired) electrons. The molecule has 4 rings (SSSR count). The molecule has 0 unspecified atom stereocenters. The van der Waals surface area contributed by atoms with Gasteiger partial charge in [-0.25, -0.2) is 0 Å². The van der Waals surface area contributed by atoms with Gasteiger partial charge in [-0.15, -0.1) is 0 Å². The second-order valence-electron chi connectivity index (χ2n) is 8.16. The fourth-order valence-electron chi connectivity index (χ4n) is 3.98.